The highest BCUT2D eigenvalue weighted by atomic mass is 16.5. The Hall–Kier alpha value is -0.120. The minimum Gasteiger partial charge on any atom is -0.381 e. The summed E-state index contributed by atoms with van der Waals surface area (Å²) in [6, 6.07) is 1.55. The topological polar surface area (TPSA) is 24.5 Å². The number of nitrogens with one attached hydrogen (secondary N) is 1. The maximum atomic E-state index is 5.41. The van der Waals surface area contributed by atoms with Crippen LogP contribution in [0.2, 0.25) is 0 Å². The van der Waals surface area contributed by atoms with Crippen LogP contribution in [-0.2, 0) is 4.74 Å². The molecule has 0 spiro atoms. The summed E-state index contributed by atoms with van der Waals surface area (Å²) in [5.74, 6) is 0.854. The highest BCUT2D eigenvalue weighted by molar-refractivity contribution is 4.81. The van der Waals surface area contributed by atoms with Gasteiger partial charge in [-0.15, -0.1) is 0 Å². The molecule has 2 rings (SSSR count). The third kappa shape index (κ3) is 4.94. The number of ether oxygens (including phenoxy) is 1. The lowest BCUT2D eigenvalue weighted by Crippen LogP contribution is -2.37. The van der Waals surface area contributed by atoms with Crippen LogP contribution in [-0.4, -0.2) is 50.3 Å². The van der Waals surface area contributed by atoms with E-state index in [-0.39, 0.29) is 0 Å². The van der Waals surface area contributed by atoms with E-state index in [1.807, 2.05) is 0 Å². The van der Waals surface area contributed by atoms with Crippen LogP contribution < -0.4 is 5.32 Å². The first-order valence-electron chi connectivity index (χ1n) is 7.27. The van der Waals surface area contributed by atoms with Gasteiger partial charge in [-0.2, -0.15) is 0 Å². The van der Waals surface area contributed by atoms with Crippen LogP contribution in [0.3, 0.4) is 0 Å². The highest BCUT2D eigenvalue weighted by Crippen LogP contribution is 2.19. The summed E-state index contributed by atoms with van der Waals surface area (Å²) in [5.41, 5.74) is 0. The van der Waals surface area contributed by atoms with E-state index < -0.39 is 0 Å². The third-order valence-corrected chi connectivity index (χ3v) is 4.21. The van der Waals surface area contributed by atoms with Crippen LogP contribution in [0, 0.1) is 5.92 Å². The third-order valence-electron chi connectivity index (χ3n) is 4.21. The van der Waals surface area contributed by atoms with Crippen LogP contribution in [0.1, 0.15) is 39.0 Å². The molecule has 1 atom stereocenters. The molecule has 2 aliphatic rings. The Bertz CT molecular complexity index is 212. The van der Waals surface area contributed by atoms with Gasteiger partial charge in [0.1, 0.15) is 0 Å². The number of rotatable bonds is 7. The van der Waals surface area contributed by atoms with Crippen molar-refractivity contribution in [1.82, 2.24) is 10.2 Å². The van der Waals surface area contributed by atoms with Crippen LogP contribution in [0.15, 0.2) is 0 Å². The molecule has 0 aromatic carbocycles. The van der Waals surface area contributed by atoms with Gasteiger partial charge in [0.15, 0.2) is 0 Å². The van der Waals surface area contributed by atoms with E-state index in [0.29, 0.717) is 6.04 Å². The van der Waals surface area contributed by atoms with Gasteiger partial charge in [0.25, 0.3) is 0 Å². The van der Waals surface area contributed by atoms with Crippen molar-refractivity contribution in [2.75, 3.05) is 33.4 Å². The fraction of sp³-hybridized carbons (Fsp3) is 1.00. The van der Waals surface area contributed by atoms with Gasteiger partial charge in [0, 0.05) is 31.8 Å². The minimum atomic E-state index is 0.698. The summed E-state index contributed by atoms with van der Waals surface area (Å²) in [5, 5.41) is 3.60. The maximum absolute atomic E-state index is 5.41. The zero-order chi connectivity index (χ0) is 12.1. The van der Waals surface area contributed by atoms with E-state index in [4.69, 9.17) is 4.74 Å². The Morgan fingerprint density at radius 1 is 1.24 bits per heavy atom. The lowest BCUT2D eigenvalue weighted by molar-refractivity contribution is 0.0508. The van der Waals surface area contributed by atoms with Gasteiger partial charge < -0.3 is 15.0 Å². The highest BCUT2D eigenvalue weighted by Gasteiger charge is 2.21. The lowest BCUT2D eigenvalue weighted by atomic mass is 9.99. The van der Waals surface area contributed by atoms with Crippen molar-refractivity contribution in [2.45, 2.75) is 51.1 Å². The van der Waals surface area contributed by atoms with Crippen molar-refractivity contribution < 1.29 is 4.74 Å². The SMILES string of the molecule is CC(CCNC1CC1)N(C)CC1CCOCC1. The Kier molecular flexibility index (Phi) is 5.26. The fourth-order valence-electron chi connectivity index (χ4n) is 2.52. The number of nitrogens with zero attached hydrogens (tertiary/aromatic N) is 1. The standard InChI is InChI=1S/C14H28N2O/c1-12(5-8-15-14-3-4-14)16(2)11-13-6-9-17-10-7-13/h12-15H,3-11H2,1-2H3. The van der Waals surface area contributed by atoms with E-state index in [1.54, 1.807) is 0 Å². The Labute approximate surface area is 106 Å². The molecular weight excluding hydrogens is 212 g/mol. The average Bonchev–Trinajstić information content (AvgIpc) is 3.14. The van der Waals surface area contributed by atoms with Crippen molar-refractivity contribution in [2.24, 2.45) is 5.92 Å². The summed E-state index contributed by atoms with van der Waals surface area (Å²) in [7, 11) is 2.28. The molecule has 1 saturated heterocycles. The molecule has 17 heavy (non-hydrogen) atoms. The molecule has 1 aliphatic carbocycles. The second-order valence-electron chi connectivity index (χ2n) is 5.86. The van der Waals surface area contributed by atoms with Crippen LogP contribution in [0.4, 0.5) is 0 Å². The van der Waals surface area contributed by atoms with Crippen molar-refractivity contribution in [3.8, 4) is 0 Å². The fourth-order valence-corrected chi connectivity index (χ4v) is 2.52. The van der Waals surface area contributed by atoms with Crippen molar-refractivity contribution in [3.05, 3.63) is 0 Å². The Morgan fingerprint density at radius 3 is 2.59 bits per heavy atom. The first kappa shape index (κ1) is 13.3. The molecule has 1 saturated carbocycles. The molecule has 1 aliphatic heterocycles. The summed E-state index contributed by atoms with van der Waals surface area (Å²) < 4.78 is 5.41. The molecule has 1 heterocycles. The largest absolute Gasteiger partial charge is 0.381 e. The molecule has 1 N–H and O–H groups in total. The first-order valence-corrected chi connectivity index (χ1v) is 7.27. The van der Waals surface area contributed by atoms with Gasteiger partial charge in [-0.25, -0.2) is 0 Å². The van der Waals surface area contributed by atoms with Gasteiger partial charge in [0.05, 0.1) is 0 Å². The molecule has 0 aromatic heterocycles. The summed E-state index contributed by atoms with van der Waals surface area (Å²) >= 11 is 0. The summed E-state index contributed by atoms with van der Waals surface area (Å²) in [6.07, 6.45) is 6.56. The predicted molar refractivity (Wildman–Crippen MR) is 71.3 cm³/mol. The van der Waals surface area contributed by atoms with E-state index in [2.05, 4.69) is 24.2 Å². The van der Waals surface area contributed by atoms with Crippen LogP contribution in [0.25, 0.3) is 0 Å². The molecule has 3 heteroatoms. The molecule has 0 amide bonds. The second-order valence-corrected chi connectivity index (χ2v) is 5.86. The van der Waals surface area contributed by atoms with Gasteiger partial charge in [-0.3, -0.25) is 0 Å². The van der Waals surface area contributed by atoms with Crippen molar-refractivity contribution >= 4 is 0 Å². The molecule has 2 fully saturated rings. The smallest absolute Gasteiger partial charge is 0.0469 e. The molecule has 0 aromatic rings. The van der Waals surface area contributed by atoms with E-state index in [9.17, 15) is 0 Å². The van der Waals surface area contributed by atoms with Gasteiger partial charge in [-0.05, 0) is 58.5 Å². The maximum Gasteiger partial charge on any atom is 0.0469 e. The zero-order valence-corrected chi connectivity index (χ0v) is 11.5. The van der Waals surface area contributed by atoms with E-state index in [1.165, 1.54) is 45.2 Å². The van der Waals surface area contributed by atoms with Crippen LogP contribution >= 0.6 is 0 Å². The summed E-state index contributed by atoms with van der Waals surface area (Å²) in [6.45, 7) is 6.72. The van der Waals surface area contributed by atoms with E-state index in [0.717, 1.165) is 25.2 Å². The average molecular weight is 240 g/mol. The molecule has 1 unspecified atom stereocenters. The zero-order valence-electron chi connectivity index (χ0n) is 11.5. The van der Waals surface area contributed by atoms with Gasteiger partial charge in [0.2, 0.25) is 0 Å². The van der Waals surface area contributed by atoms with E-state index >= 15 is 0 Å². The minimum absolute atomic E-state index is 0.698. The Morgan fingerprint density at radius 2 is 1.94 bits per heavy atom. The van der Waals surface area contributed by atoms with Gasteiger partial charge in [-0.1, -0.05) is 0 Å². The van der Waals surface area contributed by atoms with Crippen molar-refractivity contribution in [1.29, 1.82) is 0 Å². The predicted octanol–water partition coefficient (Wildman–Crippen LogP) is 1.88. The Balaban J connectivity index is 1.57. The summed E-state index contributed by atoms with van der Waals surface area (Å²) in [4.78, 5) is 2.53. The quantitative estimate of drug-likeness (QED) is 0.735. The molecule has 0 radical (unpaired) electrons. The number of hydrogen-bond donors (Lipinski definition) is 1. The second kappa shape index (κ2) is 6.72. The van der Waals surface area contributed by atoms with Gasteiger partial charge >= 0.3 is 0 Å². The van der Waals surface area contributed by atoms with Crippen LogP contribution in [0.5, 0.6) is 0 Å². The molecule has 3 nitrogen and oxygen atoms in total. The molecular formula is C14H28N2O. The molecule has 100 valence electrons. The monoisotopic (exact) mass is 240 g/mol. The lowest BCUT2D eigenvalue weighted by Gasteiger charge is -2.31. The normalized spacial score (nSPS) is 24.2. The molecule has 0 bridgehead atoms. The first-order chi connectivity index (χ1) is 8.25. The van der Waals surface area contributed by atoms with Crippen molar-refractivity contribution in [3.63, 3.8) is 0 Å². The number of hydrogen-bond acceptors (Lipinski definition) is 3.